The number of ether oxygens (including phenoxy) is 1. The lowest BCUT2D eigenvalue weighted by atomic mass is 10.3. The van der Waals surface area contributed by atoms with Gasteiger partial charge in [-0.25, -0.2) is 9.78 Å². The molecule has 1 heterocycles. The summed E-state index contributed by atoms with van der Waals surface area (Å²) >= 11 is 1.22. The van der Waals surface area contributed by atoms with E-state index in [1.54, 1.807) is 0 Å². The smallest absolute Gasteiger partial charge is 0.413 e. The largest absolute Gasteiger partial charge is 0.481 e. The number of anilines is 1. The van der Waals surface area contributed by atoms with Crippen LogP contribution in [0, 0.1) is 0 Å². The summed E-state index contributed by atoms with van der Waals surface area (Å²) < 4.78 is 4.71. The number of carbonyl (C=O) groups excluding carboxylic acids is 1. The Labute approximate surface area is 102 Å². The van der Waals surface area contributed by atoms with Gasteiger partial charge in [0.2, 0.25) is 0 Å². The fraction of sp³-hybridized carbons (Fsp3) is 0.300. The Hall–Kier alpha value is -1.89. The molecule has 1 aromatic rings. The number of carboxylic acid groups (broad SMARTS) is 1. The summed E-state index contributed by atoms with van der Waals surface area (Å²) in [7, 11) is 0. The minimum atomic E-state index is -0.863. The number of aromatic nitrogens is 1. The van der Waals surface area contributed by atoms with E-state index in [2.05, 4.69) is 16.9 Å². The van der Waals surface area contributed by atoms with Crippen LogP contribution in [-0.4, -0.2) is 28.8 Å². The van der Waals surface area contributed by atoms with Crippen LogP contribution in [0.25, 0.3) is 0 Å². The molecule has 7 heteroatoms. The van der Waals surface area contributed by atoms with Crippen molar-refractivity contribution in [3.63, 3.8) is 0 Å². The molecular weight excluding hydrogens is 244 g/mol. The Morgan fingerprint density at radius 1 is 1.65 bits per heavy atom. The quantitative estimate of drug-likeness (QED) is 0.759. The van der Waals surface area contributed by atoms with E-state index in [9.17, 15) is 9.59 Å². The normalized spacial score (nSPS) is 9.65. The van der Waals surface area contributed by atoms with E-state index in [0.29, 0.717) is 11.6 Å². The lowest BCUT2D eigenvalue weighted by Gasteiger charge is -2.00. The number of rotatable bonds is 6. The van der Waals surface area contributed by atoms with Crippen molar-refractivity contribution in [3.8, 4) is 0 Å². The van der Waals surface area contributed by atoms with Crippen LogP contribution in [0.3, 0.4) is 0 Å². The maximum Gasteiger partial charge on any atom is 0.413 e. The van der Waals surface area contributed by atoms with Crippen LogP contribution in [0.4, 0.5) is 9.93 Å². The number of aliphatic carboxylic acids is 1. The number of hydrogen-bond acceptors (Lipinski definition) is 5. The molecule has 0 saturated heterocycles. The fourth-order valence-electron chi connectivity index (χ4n) is 0.969. The second kappa shape index (κ2) is 6.64. The molecule has 6 nitrogen and oxygen atoms in total. The van der Waals surface area contributed by atoms with E-state index >= 15 is 0 Å². The van der Waals surface area contributed by atoms with Crippen LogP contribution < -0.4 is 5.32 Å². The van der Waals surface area contributed by atoms with Gasteiger partial charge in [-0.15, -0.1) is 11.3 Å². The van der Waals surface area contributed by atoms with Gasteiger partial charge >= 0.3 is 12.1 Å². The van der Waals surface area contributed by atoms with Gasteiger partial charge in [0.15, 0.2) is 5.13 Å². The first-order chi connectivity index (χ1) is 8.11. The third-order valence-electron chi connectivity index (χ3n) is 1.68. The van der Waals surface area contributed by atoms with Gasteiger partial charge in [-0.1, -0.05) is 12.7 Å². The molecule has 92 valence electrons. The van der Waals surface area contributed by atoms with Gasteiger partial charge in [0.05, 0.1) is 6.42 Å². The average molecular weight is 256 g/mol. The first-order valence-electron chi connectivity index (χ1n) is 4.83. The van der Waals surface area contributed by atoms with E-state index in [1.807, 2.05) is 0 Å². The molecule has 0 fully saturated rings. The molecule has 0 unspecified atom stereocenters. The number of amides is 1. The highest BCUT2D eigenvalue weighted by molar-refractivity contribution is 7.15. The highest BCUT2D eigenvalue weighted by atomic mass is 32.1. The van der Waals surface area contributed by atoms with Gasteiger partial charge in [0.1, 0.15) is 6.61 Å². The standard InChI is InChI=1S/C10H12N2O4S/c1-2-5-16-10(15)12-9-11-6-7(17-9)3-4-8(13)14/h2,6H,1,3-5H2,(H,13,14)(H,11,12,15). The molecule has 1 rings (SSSR count). The summed E-state index contributed by atoms with van der Waals surface area (Å²) in [6.07, 6.45) is 2.83. The van der Waals surface area contributed by atoms with Gasteiger partial charge in [-0.2, -0.15) is 0 Å². The van der Waals surface area contributed by atoms with Crippen molar-refractivity contribution in [2.45, 2.75) is 12.8 Å². The lowest BCUT2D eigenvalue weighted by Crippen LogP contribution is -2.13. The van der Waals surface area contributed by atoms with Gasteiger partial charge < -0.3 is 9.84 Å². The molecule has 17 heavy (non-hydrogen) atoms. The van der Waals surface area contributed by atoms with Crippen LogP contribution in [0.2, 0.25) is 0 Å². The monoisotopic (exact) mass is 256 g/mol. The molecule has 0 aliphatic heterocycles. The Bertz CT molecular complexity index is 416. The molecule has 2 N–H and O–H groups in total. The Morgan fingerprint density at radius 3 is 3.06 bits per heavy atom. The summed E-state index contributed by atoms with van der Waals surface area (Å²) in [5.74, 6) is -0.863. The lowest BCUT2D eigenvalue weighted by molar-refractivity contribution is -0.136. The number of hydrogen-bond donors (Lipinski definition) is 2. The van der Waals surface area contributed by atoms with Crippen molar-refractivity contribution in [2.24, 2.45) is 0 Å². The highest BCUT2D eigenvalue weighted by Gasteiger charge is 2.07. The third-order valence-corrected chi connectivity index (χ3v) is 2.65. The zero-order chi connectivity index (χ0) is 12.7. The molecule has 1 aromatic heterocycles. The maximum atomic E-state index is 11.1. The van der Waals surface area contributed by atoms with Crippen molar-refractivity contribution in [2.75, 3.05) is 11.9 Å². The molecule has 1 amide bonds. The van der Waals surface area contributed by atoms with E-state index in [4.69, 9.17) is 9.84 Å². The minimum absolute atomic E-state index is 0.0442. The van der Waals surface area contributed by atoms with Crippen LogP contribution in [0.5, 0.6) is 0 Å². The van der Waals surface area contributed by atoms with Gasteiger partial charge in [-0.3, -0.25) is 10.1 Å². The fourth-order valence-corrected chi connectivity index (χ4v) is 1.77. The molecule has 0 bridgehead atoms. The number of carboxylic acids is 1. The topological polar surface area (TPSA) is 88.5 Å². The first-order valence-corrected chi connectivity index (χ1v) is 5.64. The molecule has 0 saturated carbocycles. The van der Waals surface area contributed by atoms with Crippen molar-refractivity contribution < 1.29 is 19.4 Å². The summed E-state index contributed by atoms with van der Waals surface area (Å²) in [5.41, 5.74) is 0. The zero-order valence-electron chi connectivity index (χ0n) is 9.01. The molecule has 0 atom stereocenters. The van der Waals surface area contributed by atoms with Crippen LogP contribution in [0.1, 0.15) is 11.3 Å². The average Bonchev–Trinajstić information content (AvgIpc) is 2.71. The van der Waals surface area contributed by atoms with Crippen molar-refractivity contribution >= 4 is 28.5 Å². The summed E-state index contributed by atoms with van der Waals surface area (Å²) in [5, 5.41) is 11.3. The molecule has 0 aliphatic rings. The molecule has 0 aliphatic carbocycles. The number of nitrogens with zero attached hydrogens (tertiary/aromatic N) is 1. The van der Waals surface area contributed by atoms with Crippen LogP contribution in [-0.2, 0) is 16.0 Å². The van der Waals surface area contributed by atoms with E-state index in [1.165, 1.54) is 23.6 Å². The van der Waals surface area contributed by atoms with Gasteiger partial charge in [-0.05, 0) is 6.42 Å². The Morgan fingerprint density at radius 2 is 2.41 bits per heavy atom. The van der Waals surface area contributed by atoms with Crippen LogP contribution in [0.15, 0.2) is 18.9 Å². The molecule has 0 radical (unpaired) electrons. The predicted octanol–water partition coefficient (Wildman–Crippen LogP) is 1.89. The summed E-state index contributed by atoms with van der Waals surface area (Å²) in [4.78, 5) is 26.2. The number of nitrogens with one attached hydrogen (secondary N) is 1. The van der Waals surface area contributed by atoms with E-state index in [-0.39, 0.29) is 13.0 Å². The van der Waals surface area contributed by atoms with Gasteiger partial charge in [0.25, 0.3) is 0 Å². The number of thiazole rings is 1. The van der Waals surface area contributed by atoms with Gasteiger partial charge in [0, 0.05) is 11.1 Å². The maximum absolute atomic E-state index is 11.1. The molecule has 0 spiro atoms. The SMILES string of the molecule is C=CCOC(=O)Nc1ncc(CCC(=O)O)s1. The summed E-state index contributed by atoms with van der Waals surface area (Å²) in [6, 6.07) is 0. The molecular formula is C10H12N2O4S. The van der Waals surface area contributed by atoms with E-state index < -0.39 is 12.1 Å². The zero-order valence-corrected chi connectivity index (χ0v) is 9.83. The minimum Gasteiger partial charge on any atom is -0.481 e. The van der Waals surface area contributed by atoms with E-state index in [0.717, 1.165) is 4.88 Å². The number of aryl methyl sites for hydroxylation is 1. The van der Waals surface area contributed by atoms with Crippen molar-refractivity contribution in [1.29, 1.82) is 0 Å². The predicted molar refractivity (Wildman–Crippen MR) is 63.2 cm³/mol. The molecule has 0 aromatic carbocycles. The Kier molecular flexibility index (Phi) is 5.15. The second-order valence-electron chi connectivity index (χ2n) is 3.04. The van der Waals surface area contributed by atoms with Crippen LogP contribution >= 0.6 is 11.3 Å². The van der Waals surface area contributed by atoms with Crippen molar-refractivity contribution in [1.82, 2.24) is 4.98 Å². The van der Waals surface area contributed by atoms with Crippen molar-refractivity contribution in [3.05, 3.63) is 23.7 Å². The second-order valence-corrected chi connectivity index (χ2v) is 4.15. The number of carbonyl (C=O) groups is 2. The summed E-state index contributed by atoms with van der Waals surface area (Å²) in [6.45, 7) is 3.54. The third kappa shape index (κ3) is 5.12. The first kappa shape index (κ1) is 13.2. The highest BCUT2D eigenvalue weighted by Crippen LogP contribution is 2.19. The Balaban J connectivity index is 2.42.